The second-order valence-corrected chi connectivity index (χ2v) is 3.96. The zero-order valence-electron chi connectivity index (χ0n) is 10.8. The third kappa shape index (κ3) is 4.01. The van der Waals surface area contributed by atoms with E-state index in [-0.39, 0.29) is 5.75 Å². The lowest BCUT2D eigenvalue weighted by Crippen LogP contribution is -1.82. The fourth-order valence-corrected chi connectivity index (χ4v) is 1.36. The average molecular weight is 246 g/mol. The minimum atomic E-state index is 0.197. The number of hydrogen-bond donors (Lipinski definition) is 2. The molecule has 0 unspecified atom stereocenters. The van der Waals surface area contributed by atoms with E-state index in [1.54, 1.807) is 18.2 Å². The summed E-state index contributed by atoms with van der Waals surface area (Å²) >= 11 is 0. The Kier molecular flexibility index (Phi) is 5.06. The van der Waals surface area contributed by atoms with Crippen LogP contribution in [0.1, 0.15) is 11.1 Å². The Bertz CT molecular complexity index is 486. The summed E-state index contributed by atoms with van der Waals surface area (Å²) in [7, 11) is 1.53. The van der Waals surface area contributed by atoms with Gasteiger partial charge in [-0.1, -0.05) is 24.3 Å². The van der Waals surface area contributed by atoms with Crippen LogP contribution in [-0.2, 0) is 0 Å². The van der Waals surface area contributed by atoms with Crippen LogP contribution < -0.4 is 4.74 Å². The predicted octanol–water partition coefficient (Wildman–Crippen LogP) is 3.41. The molecule has 0 fully saturated rings. The van der Waals surface area contributed by atoms with Gasteiger partial charge in [0.05, 0.1) is 7.11 Å². The van der Waals surface area contributed by atoms with Crippen LogP contribution >= 0.6 is 0 Å². The summed E-state index contributed by atoms with van der Waals surface area (Å²) in [6.07, 6.45) is 0. The van der Waals surface area contributed by atoms with Crippen molar-refractivity contribution >= 4 is 0 Å². The summed E-state index contributed by atoms with van der Waals surface area (Å²) in [5.41, 5.74) is 1.95. The zero-order chi connectivity index (χ0) is 13.5. The highest BCUT2D eigenvalue weighted by Crippen LogP contribution is 2.25. The van der Waals surface area contributed by atoms with E-state index in [1.807, 2.05) is 38.1 Å². The highest BCUT2D eigenvalue weighted by Gasteiger charge is 1.97. The van der Waals surface area contributed by atoms with Crippen molar-refractivity contribution in [2.24, 2.45) is 0 Å². The average Bonchev–Trinajstić information content (AvgIpc) is 2.34. The standard InChI is InChI=1S/C8H10O2.C7H8O/c1-6-3-4-8(10-2)7(9)5-6;1-6-4-2-3-5-7(6)8/h3-5,9H,1-2H3;2-5,8H,1H3. The molecule has 96 valence electrons. The normalized spacial score (nSPS) is 9.28. The van der Waals surface area contributed by atoms with Gasteiger partial charge in [0.1, 0.15) is 5.75 Å². The van der Waals surface area contributed by atoms with Crippen LogP contribution in [0, 0.1) is 13.8 Å². The lowest BCUT2D eigenvalue weighted by molar-refractivity contribution is 0.373. The number of ether oxygens (including phenoxy) is 1. The topological polar surface area (TPSA) is 49.7 Å². The number of rotatable bonds is 1. The van der Waals surface area contributed by atoms with Crippen molar-refractivity contribution in [2.75, 3.05) is 7.11 Å². The fourth-order valence-electron chi connectivity index (χ4n) is 1.36. The first kappa shape index (κ1) is 13.9. The lowest BCUT2D eigenvalue weighted by atomic mass is 10.2. The maximum atomic E-state index is 9.17. The number of phenolic OH excluding ortho intramolecular Hbond substituents is 2. The number of para-hydroxylation sites is 1. The smallest absolute Gasteiger partial charge is 0.160 e. The van der Waals surface area contributed by atoms with Gasteiger partial charge in [0.2, 0.25) is 0 Å². The molecular formula is C15H18O3. The van der Waals surface area contributed by atoms with E-state index in [2.05, 4.69) is 0 Å². The molecule has 0 aliphatic carbocycles. The van der Waals surface area contributed by atoms with Gasteiger partial charge in [-0.15, -0.1) is 0 Å². The van der Waals surface area contributed by atoms with E-state index >= 15 is 0 Å². The third-order valence-electron chi connectivity index (χ3n) is 2.45. The van der Waals surface area contributed by atoms with E-state index in [9.17, 15) is 0 Å². The minimum Gasteiger partial charge on any atom is -0.508 e. The second-order valence-electron chi connectivity index (χ2n) is 3.96. The summed E-state index contributed by atoms with van der Waals surface area (Å²) in [5.74, 6) is 1.08. The molecule has 3 heteroatoms. The van der Waals surface area contributed by atoms with Gasteiger partial charge in [-0.05, 0) is 43.2 Å². The van der Waals surface area contributed by atoms with Crippen LogP contribution in [0.3, 0.4) is 0 Å². The van der Waals surface area contributed by atoms with Crippen molar-refractivity contribution in [1.82, 2.24) is 0 Å². The Morgan fingerprint density at radius 1 is 0.889 bits per heavy atom. The largest absolute Gasteiger partial charge is 0.508 e. The van der Waals surface area contributed by atoms with Crippen LogP contribution in [0.5, 0.6) is 17.2 Å². The zero-order valence-corrected chi connectivity index (χ0v) is 10.8. The van der Waals surface area contributed by atoms with Gasteiger partial charge in [0.15, 0.2) is 11.5 Å². The van der Waals surface area contributed by atoms with E-state index in [0.717, 1.165) is 11.1 Å². The molecule has 3 nitrogen and oxygen atoms in total. The number of benzene rings is 2. The van der Waals surface area contributed by atoms with E-state index in [4.69, 9.17) is 14.9 Å². The molecule has 0 heterocycles. The summed E-state index contributed by atoms with van der Waals surface area (Å²) in [6.45, 7) is 3.79. The molecule has 0 saturated heterocycles. The molecule has 2 aromatic carbocycles. The highest BCUT2D eigenvalue weighted by molar-refractivity contribution is 5.41. The highest BCUT2D eigenvalue weighted by atomic mass is 16.5. The molecular weight excluding hydrogens is 228 g/mol. The van der Waals surface area contributed by atoms with Crippen molar-refractivity contribution in [3.05, 3.63) is 53.6 Å². The van der Waals surface area contributed by atoms with Crippen LogP contribution in [0.25, 0.3) is 0 Å². The van der Waals surface area contributed by atoms with Gasteiger partial charge < -0.3 is 14.9 Å². The Hall–Kier alpha value is -2.16. The molecule has 2 rings (SSSR count). The number of aromatic hydroxyl groups is 2. The number of phenols is 2. The minimum absolute atomic E-state index is 0.197. The van der Waals surface area contributed by atoms with E-state index in [1.165, 1.54) is 7.11 Å². The molecule has 0 saturated carbocycles. The maximum absolute atomic E-state index is 9.17. The quantitative estimate of drug-likeness (QED) is 0.810. The summed E-state index contributed by atoms with van der Waals surface area (Å²) in [5, 5.41) is 18.1. The second kappa shape index (κ2) is 6.55. The molecule has 0 radical (unpaired) electrons. The monoisotopic (exact) mass is 246 g/mol. The fraction of sp³-hybridized carbons (Fsp3) is 0.200. The number of aryl methyl sites for hydroxylation is 2. The molecule has 0 spiro atoms. The maximum Gasteiger partial charge on any atom is 0.160 e. The Morgan fingerprint density at radius 2 is 1.56 bits per heavy atom. The predicted molar refractivity (Wildman–Crippen MR) is 72.2 cm³/mol. The van der Waals surface area contributed by atoms with Crippen molar-refractivity contribution in [2.45, 2.75) is 13.8 Å². The van der Waals surface area contributed by atoms with Crippen LogP contribution in [0.4, 0.5) is 0 Å². The first-order chi connectivity index (χ1) is 8.54. The van der Waals surface area contributed by atoms with Gasteiger partial charge in [0, 0.05) is 0 Å². The molecule has 0 amide bonds. The first-order valence-corrected chi connectivity index (χ1v) is 5.62. The Labute approximate surface area is 107 Å². The van der Waals surface area contributed by atoms with Gasteiger partial charge in [0.25, 0.3) is 0 Å². The van der Waals surface area contributed by atoms with Gasteiger partial charge in [-0.25, -0.2) is 0 Å². The first-order valence-electron chi connectivity index (χ1n) is 5.62. The summed E-state index contributed by atoms with van der Waals surface area (Å²) < 4.78 is 4.85. The number of methoxy groups -OCH3 is 1. The third-order valence-corrected chi connectivity index (χ3v) is 2.45. The SMILES string of the molecule is COc1ccc(C)cc1O.Cc1ccccc1O. The van der Waals surface area contributed by atoms with Crippen molar-refractivity contribution in [3.8, 4) is 17.2 Å². The Balaban J connectivity index is 0.000000184. The number of hydrogen-bond acceptors (Lipinski definition) is 3. The molecule has 0 aliphatic heterocycles. The van der Waals surface area contributed by atoms with Crippen LogP contribution in [0.2, 0.25) is 0 Å². The molecule has 0 aromatic heterocycles. The van der Waals surface area contributed by atoms with Gasteiger partial charge >= 0.3 is 0 Å². The van der Waals surface area contributed by atoms with Gasteiger partial charge in [-0.2, -0.15) is 0 Å². The summed E-state index contributed by atoms with van der Waals surface area (Å²) in [4.78, 5) is 0. The van der Waals surface area contributed by atoms with E-state index < -0.39 is 0 Å². The Morgan fingerprint density at radius 3 is 2.00 bits per heavy atom. The van der Waals surface area contributed by atoms with Crippen molar-refractivity contribution in [3.63, 3.8) is 0 Å². The van der Waals surface area contributed by atoms with Crippen molar-refractivity contribution < 1.29 is 14.9 Å². The molecule has 0 bridgehead atoms. The molecule has 18 heavy (non-hydrogen) atoms. The molecule has 0 aliphatic rings. The lowest BCUT2D eigenvalue weighted by Gasteiger charge is -2.01. The molecule has 0 atom stereocenters. The van der Waals surface area contributed by atoms with Crippen LogP contribution in [-0.4, -0.2) is 17.3 Å². The summed E-state index contributed by atoms with van der Waals surface area (Å²) in [6, 6.07) is 12.5. The van der Waals surface area contributed by atoms with E-state index in [0.29, 0.717) is 11.5 Å². The van der Waals surface area contributed by atoms with Crippen LogP contribution in [0.15, 0.2) is 42.5 Å². The molecule has 2 N–H and O–H groups in total. The van der Waals surface area contributed by atoms with Gasteiger partial charge in [-0.3, -0.25) is 0 Å². The van der Waals surface area contributed by atoms with Crippen molar-refractivity contribution in [1.29, 1.82) is 0 Å². The molecule has 2 aromatic rings.